The predicted molar refractivity (Wildman–Crippen MR) is 108 cm³/mol. The molecule has 4 aromatic rings. The zero-order chi connectivity index (χ0) is 20.5. The number of thiophene rings is 1. The van der Waals surface area contributed by atoms with Gasteiger partial charge in [0.2, 0.25) is 0 Å². The van der Waals surface area contributed by atoms with Crippen LogP contribution in [-0.4, -0.2) is 27.7 Å². The number of aromatic nitrogens is 2. The molecule has 0 spiro atoms. The highest BCUT2D eigenvalue weighted by molar-refractivity contribution is 7.21. The van der Waals surface area contributed by atoms with Gasteiger partial charge in [0.1, 0.15) is 28.9 Å². The van der Waals surface area contributed by atoms with Gasteiger partial charge in [-0.25, -0.2) is 14.2 Å². The highest BCUT2D eigenvalue weighted by atomic mass is 35.5. The van der Waals surface area contributed by atoms with E-state index in [1.807, 2.05) is 12.1 Å². The van der Waals surface area contributed by atoms with Crippen LogP contribution in [0.25, 0.3) is 26.7 Å². The highest BCUT2D eigenvalue weighted by Crippen LogP contribution is 2.36. The Kier molecular flexibility index (Phi) is 4.92. The van der Waals surface area contributed by atoms with E-state index in [1.54, 1.807) is 18.2 Å². The molecule has 0 aliphatic heterocycles. The number of aliphatic hydroxyl groups is 1. The van der Waals surface area contributed by atoms with Gasteiger partial charge in [-0.05, 0) is 30.3 Å². The molecule has 0 fully saturated rings. The van der Waals surface area contributed by atoms with Crippen molar-refractivity contribution >= 4 is 55.6 Å². The molecule has 0 radical (unpaired) electrons. The van der Waals surface area contributed by atoms with Gasteiger partial charge in [0.05, 0.1) is 16.1 Å². The van der Waals surface area contributed by atoms with Crippen LogP contribution in [0.4, 0.5) is 4.39 Å². The van der Waals surface area contributed by atoms with E-state index < -0.39 is 24.2 Å². The van der Waals surface area contributed by atoms with Gasteiger partial charge in [0.25, 0.3) is 0 Å². The summed E-state index contributed by atoms with van der Waals surface area (Å²) in [6, 6.07) is 13.0. The van der Waals surface area contributed by atoms with Crippen molar-refractivity contribution in [2.75, 3.05) is 6.61 Å². The molecule has 144 valence electrons. The van der Waals surface area contributed by atoms with Crippen molar-refractivity contribution in [1.82, 2.24) is 9.97 Å². The predicted octanol–water partition coefficient (Wildman–Crippen LogP) is 5.22. The number of nitriles is 1. The zero-order valence-electron chi connectivity index (χ0n) is 14.6. The minimum atomic E-state index is -0.787. The number of H-pyrrole nitrogens is 1. The number of esters is 1. The SMILES string of the molecule is N#C/C(=C(/O)COC(=O)c1sc2cc(F)ccc2c1Cl)c1nc2ccccc2[nH]1. The molecule has 0 amide bonds. The second-order valence-electron chi connectivity index (χ2n) is 6.00. The van der Waals surface area contributed by atoms with Crippen LogP contribution in [0.1, 0.15) is 15.5 Å². The third-order valence-corrected chi connectivity index (χ3v) is 5.78. The Morgan fingerprint density at radius 3 is 2.90 bits per heavy atom. The monoisotopic (exact) mass is 427 g/mol. The molecule has 9 heteroatoms. The third-order valence-electron chi connectivity index (χ3n) is 4.14. The molecular weight excluding hydrogens is 417 g/mol. The fourth-order valence-corrected chi connectivity index (χ4v) is 4.19. The number of benzene rings is 2. The second kappa shape index (κ2) is 7.54. The molecule has 0 saturated heterocycles. The number of allylic oxidation sites excluding steroid dienone is 1. The smallest absolute Gasteiger partial charge is 0.350 e. The summed E-state index contributed by atoms with van der Waals surface area (Å²) in [6.07, 6.45) is 0. The van der Waals surface area contributed by atoms with Gasteiger partial charge in [-0.2, -0.15) is 5.26 Å². The van der Waals surface area contributed by atoms with Crippen LogP contribution in [0, 0.1) is 17.1 Å². The van der Waals surface area contributed by atoms with Crippen LogP contribution < -0.4 is 0 Å². The van der Waals surface area contributed by atoms with Gasteiger partial charge in [-0.15, -0.1) is 11.3 Å². The molecule has 0 unspecified atom stereocenters. The first-order valence-electron chi connectivity index (χ1n) is 8.30. The first kappa shape index (κ1) is 18.9. The summed E-state index contributed by atoms with van der Waals surface area (Å²) in [4.78, 5) is 19.7. The van der Waals surface area contributed by atoms with Crippen molar-refractivity contribution in [2.24, 2.45) is 0 Å². The Labute approximate surface area is 172 Å². The van der Waals surface area contributed by atoms with E-state index in [0.29, 0.717) is 21.1 Å². The highest BCUT2D eigenvalue weighted by Gasteiger charge is 2.20. The van der Waals surface area contributed by atoms with E-state index in [-0.39, 0.29) is 21.3 Å². The van der Waals surface area contributed by atoms with E-state index in [1.165, 1.54) is 18.2 Å². The summed E-state index contributed by atoms with van der Waals surface area (Å²) in [5.41, 5.74) is 1.19. The van der Waals surface area contributed by atoms with E-state index in [4.69, 9.17) is 16.3 Å². The molecule has 0 aliphatic rings. The number of ether oxygens (including phenoxy) is 1. The van der Waals surface area contributed by atoms with Gasteiger partial charge in [-0.1, -0.05) is 23.7 Å². The number of halogens is 2. The molecule has 4 rings (SSSR count). The van der Waals surface area contributed by atoms with Gasteiger partial charge in [0, 0.05) is 10.1 Å². The first-order chi connectivity index (χ1) is 14.0. The summed E-state index contributed by atoms with van der Waals surface area (Å²) >= 11 is 7.18. The number of carbonyl (C=O) groups is 1. The molecule has 0 aliphatic carbocycles. The zero-order valence-corrected chi connectivity index (χ0v) is 16.1. The van der Waals surface area contributed by atoms with Crippen molar-refractivity contribution < 1.29 is 19.0 Å². The van der Waals surface area contributed by atoms with E-state index >= 15 is 0 Å². The van der Waals surface area contributed by atoms with Gasteiger partial charge in [0.15, 0.2) is 11.6 Å². The minimum Gasteiger partial charge on any atom is -0.507 e. The van der Waals surface area contributed by atoms with Crippen molar-refractivity contribution in [3.8, 4) is 6.07 Å². The van der Waals surface area contributed by atoms with E-state index in [2.05, 4.69) is 9.97 Å². The summed E-state index contributed by atoms with van der Waals surface area (Å²) in [7, 11) is 0. The number of para-hydroxylation sites is 2. The fraction of sp³-hybridized carbons (Fsp3) is 0.0500. The Morgan fingerprint density at radius 1 is 1.34 bits per heavy atom. The summed E-state index contributed by atoms with van der Waals surface area (Å²) in [5, 5.41) is 20.4. The lowest BCUT2D eigenvalue weighted by Gasteiger charge is -2.04. The summed E-state index contributed by atoms with van der Waals surface area (Å²) in [6.45, 7) is -0.544. The van der Waals surface area contributed by atoms with Crippen molar-refractivity contribution in [3.63, 3.8) is 0 Å². The Balaban J connectivity index is 1.57. The van der Waals surface area contributed by atoms with Crippen LogP contribution in [0.3, 0.4) is 0 Å². The van der Waals surface area contributed by atoms with Crippen molar-refractivity contribution in [1.29, 1.82) is 5.26 Å². The van der Waals surface area contributed by atoms with Gasteiger partial charge in [-0.3, -0.25) is 0 Å². The number of aliphatic hydroxyl groups excluding tert-OH is 1. The number of imidazole rings is 1. The second-order valence-corrected chi connectivity index (χ2v) is 7.43. The van der Waals surface area contributed by atoms with Crippen molar-refractivity contribution in [3.05, 3.63) is 69.8 Å². The normalized spacial score (nSPS) is 12.0. The number of hydrogen-bond acceptors (Lipinski definition) is 6. The Bertz CT molecular complexity index is 1300. The minimum absolute atomic E-state index is 0.0855. The van der Waals surface area contributed by atoms with Crippen molar-refractivity contribution in [2.45, 2.75) is 0 Å². The lowest BCUT2D eigenvalue weighted by Crippen LogP contribution is -2.08. The standard InChI is InChI=1S/C20H11ClFN3O3S/c21-17-11-6-5-10(22)7-16(11)29-18(17)20(27)28-9-15(26)12(8-23)19-24-13-3-1-2-4-14(13)25-19/h1-7,26H,9H2,(H,24,25)/b15-12-. The first-order valence-corrected chi connectivity index (χ1v) is 9.49. The molecule has 2 aromatic carbocycles. The van der Waals surface area contributed by atoms with Gasteiger partial charge < -0.3 is 14.8 Å². The van der Waals surface area contributed by atoms with Crippen LogP contribution in [0.5, 0.6) is 0 Å². The van der Waals surface area contributed by atoms with Gasteiger partial charge >= 0.3 is 5.97 Å². The van der Waals surface area contributed by atoms with E-state index in [0.717, 1.165) is 11.3 Å². The average molecular weight is 428 g/mol. The maximum absolute atomic E-state index is 13.4. The molecule has 6 nitrogen and oxygen atoms in total. The molecule has 2 aromatic heterocycles. The fourth-order valence-electron chi connectivity index (χ4n) is 2.77. The largest absolute Gasteiger partial charge is 0.507 e. The number of hydrogen-bond donors (Lipinski definition) is 2. The number of nitrogens with zero attached hydrogens (tertiary/aromatic N) is 2. The topological polar surface area (TPSA) is 99.0 Å². The summed E-state index contributed by atoms with van der Waals surface area (Å²) < 4.78 is 19.0. The van der Waals surface area contributed by atoms with Crippen LogP contribution in [0.2, 0.25) is 5.02 Å². The molecule has 0 saturated carbocycles. The third kappa shape index (κ3) is 3.53. The van der Waals surface area contributed by atoms with E-state index in [9.17, 15) is 19.6 Å². The molecule has 0 bridgehead atoms. The number of rotatable bonds is 4. The quantitative estimate of drug-likeness (QED) is 0.264. The molecule has 0 atom stereocenters. The molecule has 2 heterocycles. The molecular formula is C20H11ClFN3O3S. The summed E-state index contributed by atoms with van der Waals surface area (Å²) in [5.74, 6) is -1.52. The lowest BCUT2D eigenvalue weighted by molar-refractivity contribution is 0.0508. The Morgan fingerprint density at radius 2 is 2.14 bits per heavy atom. The number of aromatic amines is 1. The number of fused-ring (bicyclic) bond motifs is 2. The lowest BCUT2D eigenvalue weighted by atomic mass is 10.2. The van der Waals surface area contributed by atoms with Crippen LogP contribution in [0.15, 0.2) is 48.2 Å². The Hall–Kier alpha value is -3.41. The maximum atomic E-state index is 13.4. The number of nitrogens with one attached hydrogen (secondary N) is 1. The van der Waals surface area contributed by atoms with Crippen LogP contribution >= 0.6 is 22.9 Å². The number of carbonyl (C=O) groups excluding carboxylic acids is 1. The molecule has 2 N–H and O–H groups in total. The average Bonchev–Trinajstić information content (AvgIpc) is 3.27. The molecule has 29 heavy (non-hydrogen) atoms. The maximum Gasteiger partial charge on any atom is 0.350 e. The van der Waals surface area contributed by atoms with Crippen LogP contribution in [-0.2, 0) is 4.74 Å².